The Labute approximate surface area is 130 Å². The van der Waals surface area contributed by atoms with Crippen LogP contribution in [-0.2, 0) is 16.0 Å². The Morgan fingerprint density at radius 3 is 2.50 bits per heavy atom. The molecule has 4 nitrogen and oxygen atoms in total. The molecule has 1 N–H and O–H groups in total. The summed E-state index contributed by atoms with van der Waals surface area (Å²) < 4.78 is 13.5. The van der Waals surface area contributed by atoms with Crippen molar-refractivity contribution in [1.82, 2.24) is 10.2 Å². The molecule has 2 amide bonds. The van der Waals surface area contributed by atoms with E-state index in [1.165, 1.54) is 6.07 Å². The second-order valence-corrected chi connectivity index (χ2v) is 6.22. The molecule has 0 radical (unpaired) electrons. The molecule has 0 aromatic heterocycles. The minimum Gasteiger partial charge on any atom is -0.355 e. The van der Waals surface area contributed by atoms with Crippen LogP contribution in [-0.4, -0.2) is 36.3 Å². The average Bonchev–Trinajstić information content (AvgIpc) is 3.02. The number of nitrogens with one attached hydrogen (secondary N) is 1. The highest BCUT2D eigenvalue weighted by Crippen LogP contribution is 2.22. The molecule has 1 fully saturated rings. The topological polar surface area (TPSA) is 49.4 Å². The Morgan fingerprint density at radius 2 is 1.86 bits per heavy atom. The normalized spacial score (nSPS) is 15.0. The first-order chi connectivity index (χ1) is 10.4. The summed E-state index contributed by atoms with van der Waals surface area (Å²) in [5.74, 6) is -0.710. The highest BCUT2D eigenvalue weighted by Gasteiger charge is 2.39. The number of benzene rings is 1. The summed E-state index contributed by atoms with van der Waals surface area (Å²) >= 11 is 0. The zero-order chi connectivity index (χ0) is 16.2. The van der Waals surface area contributed by atoms with Crippen molar-refractivity contribution in [2.75, 3.05) is 19.6 Å². The molecule has 1 saturated heterocycles. The van der Waals surface area contributed by atoms with E-state index in [1.807, 2.05) is 0 Å². The maximum atomic E-state index is 13.5. The molecule has 0 saturated carbocycles. The van der Waals surface area contributed by atoms with E-state index < -0.39 is 5.41 Å². The Hall–Kier alpha value is -1.91. The first kappa shape index (κ1) is 16.5. The first-order valence-corrected chi connectivity index (χ1v) is 7.74. The van der Waals surface area contributed by atoms with E-state index in [0.717, 1.165) is 25.9 Å². The summed E-state index contributed by atoms with van der Waals surface area (Å²) in [6, 6.07) is 6.50. The van der Waals surface area contributed by atoms with Crippen molar-refractivity contribution >= 4 is 11.8 Å². The van der Waals surface area contributed by atoms with Gasteiger partial charge in [-0.15, -0.1) is 0 Å². The standard InChI is InChI=1S/C17H23FN2O2/c1-17(2,16(22)20-11-5-6-12-20)15(21)19-10-9-13-7-3-4-8-14(13)18/h3-4,7-8H,5-6,9-12H2,1-2H3,(H,19,21). The second kappa shape index (κ2) is 6.90. The Morgan fingerprint density at radius 1 is 1.23 bits per heavy atom. The monoisotopic (exact) mass is 306 g/mol. The highest BCUT2D eigenvalue weighted by molar-refractivity contribution is 6.04. The zero-order valence-electron chi connectivity index (χ0n) is 13.2. The van der Waals surface area contributed by atoms with Crippen LogP contribution in [0.5, 0.6) is 0 Å². The van der Waals surface area contributed by atoms with E-state index in [-0.39, 0.29) is 17.6 Å². The largest absolute Gasteiger partial charge is 0.355 e. The van der Waals surface area contributed by atoms with Crippen molar-refractivity contribution < 1.29 is 14.0 Å². The number of amides is 2. The third kappa shape index (κ3) is 3.64. The fourth-order valence-corrected chi connectivity index (χ4v) is 2.65. The molecule has 1 heterocycles. The number of hydrogen-bond donors (Lipinski definition) is 1. The zero-order valence-corrected chi connectivity index (χ0v) is 13.2. The number of halogens is 1. The van der Waals surface area contributed by atoms with Crippen LogP contribution in [0.1, 0.15) is 32.3 Å². The molecule has 22 heavy (non-hydrogen) atoms. The van der Waals surface area contributed by atoms with E-state index in [9.17, 15) is 14.0 Å². The van der Waals surface area contributed by atoms with Crippen LogP contribution in [0.25, 0.3) is 0 Å². The Bertz CT molecular complexity index is 551. The molecule has 0 aliphatic carbocycles. The van der Waals surface area contributed by atoms with Gasteiger partial charge in [0, 0.05) is 19.6 Å². The summed E-state index contributed by atoms with van der Waals surface area (Å²) in [4.78, 5) is 26.4. The first-order valence-electron chi connectivity index (χ1n) is 7.74. The van der Waals surface area contributed by atoms with Crippen molar-refractivity contribution in [3.8, 4) is 0 Å². The molecule has 0 spiro atoms. The van der Waals surface area contributed by atoms with E-state index in [1.54, 1.807) is 36.9 Å². The highest BCUT2D eigenvalue weighted by atomic mass is 19.1. The van der Waals surface area contributed by atoms with Gasteiger partial charge in [0.2, 0.25) is 11.8 Å². The SMILES string of the molecule is CC(C)(C(=O)NCCc1ccccc1F)C(=O)N1CCCC1. The summed E-state index contributed by atoms with van der Waals surface area (Å²) in [6.07, 6.45) is 2.40. The third-order valence-corrected chi connectivity index (χ3v) is 4.13. The van der Waals surface area contributed by atoms with E-state index in [0.29, 0.717) is 18.5 Å². The van der Waals surface area contributed by atoms with Crippen molar-refractivity contribution in [2.45, 2.75) is 33.1 Å². The van der Waals surface area contributed by atoms with Crippen molar-refractivity contribution in [3.63, 3.8) is 0 Å². The van der Waals surface area contributed by atoms with Gasteiger partial charge in [0.1, 0.15) is 11.2 Å². The fraction of sp³-hybridized carbons (Fsp3) is 0.529. The molecule has 120 valence electrons. The molecule has 1 aliphatic heterocycles. The molecule has 0 atom stereocenters. The molecule has 0 unspecified atom stereocenters. The van der Waals surface area contributed by atoms with E-state index >= 15 is 0 Å². The van der Waals surface area contributed by atoms with E-state index in [2.05, 4.69) is 5.32 Å². The van der Waals surface area contributed by atoms with Crippen LogP contribution in [0.4, 0.5) is 4.39 Å². The molecule has 1 aliphatic rings. The molecule has 5 heteroatoms. The van der Waals surface area contributed by atoms with Gasteiger partial charge in [-0.3, -0.25) is 9.59 Å². The lowest BCUT2D eigenvalue weighted by molar-refractivity contribution is -0.147. The smallest absolute Gasteiger partial charge is 0.237 e. The summed E-state index contributed by atoms with van der Waals surface area (Å²) in [5.41, 5.74) is -0.522. The van der Waals surface area contributed by atoms with Crippen molar-refractivity contribution in [2.24, 2.45) is 5.41 Å². The number of rotatable bonds is 5. The fourth-order valence-electron chi connectivity index (χ4n) is 2.65. The lowest BCUT2D eigenvalue weighted by atomic mass is 9.90. The van der Waals surface area contributed by atoms with Gasteiger partial charge >= 0.3 is 0 Å². The Kier molecular flexibility index (Phi) is 5.16. The number of carbonyl (C=O) groups excluding carboxylic acids is 2. The number of carbonyl (C=O) groups is 2. The van der Waals surface area contributed by atoms with Gasteiger partial charge in [0.05, 0.1) is 0 Å². The predicted molar refractivity (Wildman–Crippen MR) is 82.7 cm³/mol. The third-order valence-electron chi connectivity index (χ3n) is 4.13. The number of nitrogens with zero attached hydrogens (tertiary/aromatic N) is 1. The maximum absolute atomic E-state index is 13.5. The maximum Gasteiger partial charge on any atom is 0.237 e. The van der Waals surface area contributed by atoms with Gasteiger partial charge in [0.15, 0.2) is 0 Å². The minimum absolute atomic E-state index is 0.131. The van der Waals surface area contributed by atoms with Crippen LogP contribution >= 0.6 is 0 Å². The number of hydrogen-bond acceptors (Lipinski definition) is 2. The van der Waals surface area contributed by atoms with Gasteiger partial charge in [0.25, 0.3) is 0 Å². The molecule has 0 bridgehead atoms. The quantitative estimate of drug-likeness (QED) is 0.847. The number of likely N-dealkylation sites (tertiary alicyclic amines) is 1. The van der Waals surface area contributed by atoms with Crippen molar-refractivity contribution in [1.29, 1.82) is 0 Å². The van der Waals surface area contributed by atoms with Gasteiger partial charge in [-0.1, -0.05) is 18.2 Å². The minimum atomic E-state index is -1.08. The van der Waals surface area contributed by atoms with Gasteiger partial charge in [-0.05, 0) is 44.7 Å². The van der Waals surface area contributed by atoms with E-state index in [4.69, 9.17) is 0 Å². The predicted octanol–water partition coefficient (Wildman–Crippen LogP) is 2.13. The van der Waals surface area contributed by atoms with Gasteiger partial charge in [-0.25, -0.2) is 4.39 Å². The lowest BCUT2D eigenvalue weighted by Crippen LogP contribution is -2.49. The second-order valence-electron chi connectivity index (χ2n) is 6.22. The van der Waals surface area contributed by atoms with Crippen LogP contribution < -0.4 is 5.32 Å². The Balaban J connectivity index is 1.88. The van der Waals surface area contributed by atoms with Crippen LogP contribution in [0, 0.1) is 11.2 Å². The molecule has 2 rings (SSSR count). The average molecular weight is 306 g/mol. The molecular formula is C17H23FN2O2. The van der Waals surface area contributed by atoms with Gasteiger partial charge in [-0.2, -0.15) is 0 Å². The summed E-state index contributed by atoms with van der Waals surface area (Å²) in [5, 5.41) is 2.75. The van der Waals surface area contributed by atoms with Crippen LogP contribution in [0.3, 0.4) is 0 Å². The van der Waals surface area contributed by atoms with Gasteiger partial charge < -0.3 is 10.2 Å². The molecule has 1 aromatic carbocycles. The van der Waals surface area contributed by atoms with Crippen LogP contribution in [0.2, 0.25) is 0 Å². The lowest BCUT2D eigenvalue weighted by Gasteiger charge is -2.28. The summed E-state index contributed by atoms with van der Waals surface area (Å²) in [6.45, 7) is 5.06. The molecule has 1 aromatic rings. The summed E-state index contributed by atoms with van der Waals surface area (Å²) in [7, 11) is 0. The van der Waals surface area contributed by atoms with Crippen molar-refractivity contribution in [3.05, 3.63) is 35.6 Å². The molecular weight excluding hydrogens is 283 g/mol. The van der Waals surface area contributed by atoms with Crippen LogP contribution in [0.15, 0.2) is 24.3 Å².